The van der Waals surface area contributed by atoms with Gasteiger partial charge in [0.05, 0.1) is 34.3 Å². The van der Waals surface area contributed by atoms with E-state index in [4.69, 9.17) is 9.72 Å². The van der Waals surface area contributed by atoms with Crippen LogP contribution < -0.4 is 4.90 Å². The fourth-order valence-corrected chi connectivity index (χ4v) is 6.49. The highest BCUT2D eigenvalue weighted by molar-refractivity contribution is 9.10. The Hall–Kier alpha value is -4.43. The molecular weight excluding hydrogens is 620 g/mol. The Morgan fingerprint density at radius 1 is 0.909 bits per heavy atom. The van der Waals surface area contributed by atoms with E-state index in [0.717, 1.165) is 21.2 Å². The lowest BCUT2D eigenvalue weighted by atomic mass is 9.85. The molecule has 0 bridgehead atoms. The smallest absolute Gasteiger partial charge is 0.339 e. The summed E-state index contributed by atoms with van der Waals surface area (Å²) < 4.78 is 6.37. The van der Waals surface area contributed by atoms with Crippen molar-refractivity contribution < 1.29 is 23.9 Å². The molecule has 0 saturated carbocycles. The summed E-state index contributed by atoms with van der Waals surface area (Å²) in [4.78, 5) is 58.8. The van der Waals surface area contributed by atoms with Gasteiger partial charge < -0.3 is 4.74 Å². The van der Waals surface area contributed by atoms with E-state index in [-0.39, 0.29) is 36.0 Å². The zero-order chi connectivity index (χ0) is 31.1. The van der Waals surface area contributed by atoms with Crippen LogP contribution in [0.5, 0.6) is 0 Å². The minimum Gasteiger partial charge on any atom is -0.454 e. The monoisotopic (exact) mass is 650 g/mol. The molecule has 0 spiro atoms. The van der Waals surface area contributed by atoms with Crippen molar-refractivity contribution in [2.75, 3.05) is 11.5 Å². The molecule has 2 atom stereocenters. The van der Waals surface area contributed by atoms with Crippen LogP contribution in [-0.4, -0.2) is 35.2 Å². The molecular formula is C36H31BrN2O5. The van der Waals surface area contributed by atoms with Crippen LogP contribution in [0.4, 0.5) is 5.69 Å². The normalized spacial score (nSPS) is 17.7. The summed E-state index contributed by atoms with van der Waals surface area (Å²) in [5.74, 6) is -1.86. The first-order valence-electron chi connectivity index (χ1n) is 14.7. The highest BCUT2D eigenvalue weighted by Gasteiger charge is 2.47. The molecule has 222 valence electrons. The molecule has 4 aromatic rings. The molecule has 1 aromatic heterocycles. The second-order valence-corrected chi connectivity index (χ2v) is 12.3. The molecule has 1 saturated heterocycles. The zero-order valence-corrected chi connectivity index (χ0v) is 26.3. The lowest BCUT2D eigenvalue weighted by Gasteiger charge is -2.16. The van der Waals surface area contributed by atoms with Crippen molar-refractivity contribution in [3.8, 4) is 11.3 Å². The minimum absolute atomic E-state index is 0.167. The number of anilines is 1. The third kappa shape index (κ3) is 5.39. The number of hydrogen-bond acceptors (Lipinski definition) is 6. The van der Waals surface area contributed by atoms with Crippen molar-refractivity contribution in [1.82, 2.24) is 4.98 Å². The average molecular weight is 652 g/mol. The number of Topliss-reactive ketones (excluding diaryl/α,β-unsaturated/α-hetero) is 1. The molecule has 1 aliphatic carbocycles. The summed E-state index contributed by atoms with van der Waals surface area (Å²) in [6.45, 7) is 5.53. The molecule has 6 rings (SSSR count). The second kappa shape index (κ2) is 11.9. The Bertz CT molecular complexity index is 1850. The molecule has 1 fully saturated rings. The number of nitrogens with zero attached hydrogens (tertiary/aromatic N) is 2. The number of carbonyl (C=O) groups excluding carboxylic acids is 4. The van der Waals surface area contributed by atoms with Crippen LogP contribution in [-0.2, 0) is 20.7 Å². The van der Waals surface area contributed by atoms with Crippen LogP contribution in [0.25, 0.3) is 22.2 Å². The first kappa shape index (κ1) is 29.6. The van der Waals surface area contributed by atoms with E-state index in [2.05, 4.69) is 15.9 Å². The summed E-state index contributed by atoms with van der Waals surface area (Å²) >= 11 is 3.55. The highest BCUT2D eigenvalue weighted by Crippen LogP contribution is 2.38. The predicted molar refractivity (Wildman–Crippen MR) is 173 cm³/mol. The fourth-order valence-electron chi connectivity index (χ4n) is 5.99. The molecule has 3 aromatic carbocycles. The van der Waals surface area contributed by atoms with E-state index >= 15 is 0 Å². The van der Waals surface area contributed by atoms with Crippen LogP contribution in [0, 0.1) is 25.7 Å². The van der Waals surface area contributed by atoms with Gasteiger partial charge in [-0.15, -0.1) is 0 Å². The number of rotatable bonds is 7. The average Bonchev–Trinajstić information content (AvgIpc) is 3.29. The van der Waals surface area contributed by atoms with Crippen LogP contribution in [0.2, 0.25) is 0 Å². The second-order valence-electron chi connectivity index (χ2n) is 11.4. The molecule has 0 radical (unpaired) electrons. The number of imide groups is 1. The summed E-state index contributed by atoms with van der Waals surface area (Å²) in [7, 11) is 0. The van der Waals surface area contributed by atoms with Gasteiger partial charge in [0.1, 0.15) is 0 Å². The Morgan fingerprint density at radius 3 is 2.23 bits per heavy atom. The highest BCUT2D eigenvalue weighted by atomic mass is 79.9. The zero-order valence-electron chi connectivity index (χ0n) is 24.7. The van der Waals surface area contributed by atoms with Gasteiger partial charge in [0.25, 0.3) is 0 Å². The van der Waals surface area contributed by atoms with Gasteiger partial charge >= 0.3 is 5.97 Å². The van der Waals surface area contributed by atoms with Gasteiger partial charge in [-0.25, -0.2) is 9.78 Å². The summed E-state index contributed by atoms with van der Waals surface area (Å²) in [5, 5.41) is 0.615. The van der Waals surface area contributed by atoms with Crippen LogP contribution in [0.3, 0.4) is 0 Å². The van der Waals surface area contributed by atoms with Crippen molar-refractivity contribution in [2.24, 2.45) is 11.8 Å². The van der Waals surface area contributed by atoms with Crippen LogP contribution >= 0.6 is 15.9 Å². The first-order valence-corrected chi connectivity index (χ1v) is 15.5. The number of aromatic nitrogens is 1. The van der Waals surface area contributed by atoms with Gasteiger partial charge in [-0.3, -0.25) is 19.3 Å². The van der Waals surface area contributed by atoms with E-state index in [1.807, 2.05) is 51.1 Å². The Labute approximate surface area is 264 Å². The number of amides is 2. The molecule has 0 N–H and O–H groups in total. The van der Waals surface area contributed by atoms with Crippen molar-refractivity contribution in [3.63, 3.8) is 0 Å². The van der Waals surface area contributed by atoms with E-state index in [1.54, 1.807) is 42.5 Å². The van der Waals surface area contributed by atoms with E-state index in [0.29, 0.717) is 58.2 Å². The number of benzene rings is 3. The first-order chi connectivity index (χ1) is 21.2. The molecule has 7 nitrogen and oxygen atoms in total. The lowest BCUT2D eigenvalue weighted by molar-refractivity contribution is -0.122. The topological polar surface area (TPSA) is 93.6 Å². The number of pyridine rings is 1. The maximum Gasteiger partial charge on any atom is 0.339 e. The number of ketones is 1. The number of halogens is 1. The van der Waals surface area contributed by atoms with Gasteiger partial charge in [-0.05, 0) is 86.2 Å². The number of carbonyl (C=O) groups is 4. The Balaban J connectivity index is 1.32. The number of hydrogen-bond donors (Lipinski definition) is 0. The standard InChI is InChI=1S/C36H31BrN2O5/c1-4-22-16-25(37)17-29-30(36(43)44-19-32(40)24-10-9-20(2)21(3)15-24)18-31(38-33(22)29)23-11-13-26(14-12-23)39-34(41)27-7-5-6-8-28(27)35(39)42/h5-6,9-18,27-28H,4,7-8,19H2,1-3H3. The van der Waals surface area contributed by atoms with Gasteiger partial charge in [0.2, 0.25) is 11.8 Å². The molecule has 2 unspecified atom stereocenters. The maximum absolute atomic E-state index is 13.5. The SMILES string of the molecule is CCc1cc(Br)cc2c(C(=O)OCC(=O)c3ccc(C)c(C)c3)cc(-c3ccc(N4C(=O)C5CC=CCC5C4=O)cc3)nc12. The number of allylic oxidation sites excluding steroid dienone is 2. The quantitative estimate of drug-likeness (QED) is 0.0899. The molecule has 2 aliphatic rings. The number of esters is 1. The third-order valence-electron chi connectivity index (χ3n) is 8.65. The van der Waals surface area contributed by atoms with E-state index < -0.39 is 5.97 Å². The van der Waals surface area contributed by atoms with Gasteiger partial charge in [0, 0.05) is 21.0 Å². The molecule has 8 heteroatoms. The summed E-state index contributed by atoms with van der Waals surface area (Å²) in [5.41, 5.74) is 6.20. The fraction of sp³-hybridized carbons (Fsp3) is 0.250. The largest absolute Gasteiger partial charge is 0.454 e. The predicted octanol–water partition coefficient (Wildman–Crippen LogP) is 7.34. The minimum atomic E-state index is -0.628. The third-order valence-corrected chi connectivity index (χ3v) is 9.11. The van der Waals surface area contributed by atoms with Gasteiger partial charge in [0.15, 0.2) is 12.4 Å². The van der Waals surface area contributed by atoms with Crippen molar-refractivity contribution in [1.29, 1.82) is 0 Å². The maximum atomic E-state index is 13.5. The number of aryl methyl sites for hydroxylation is 3. The van der Waals surface area contributed by atoms with E-state index in [9.17, 15) is 19.2 Å². The Morgan fingerprint density at radius 2 is 1.59 bits per heavy atom. The van der Waals surface area contributed by atoms with E-state index in [1.165, 1.54) is 4.90 Å². The molecule has 2 amide bonds. The van der Waals surface area contributed by atoms with Crippen LogP contribution in [0.15, 0.2) is 77.3 Å². The van der Waals surface area contributed by atoms with Crippen molar-refractivity contribution in [2.45, 2.75) is 40.0 Å². The lowest BCUT2D eigenvalue weighted by Crippen LogP contribution is -2.30. The van der Waals surface area contributed by atoms with Gasteiger partial charge in [-0.1, -0.05) is 59.3 Å². The summed E-state index contributed by atoms with van der Waals surface area (Å²) in [6, 6.07) is 18.0. The molecule has 1 aliphatic heterocycles. The van der Waals surface area contributed by atoms with Crippen molar-refractivity contribution >= 4 is 56.1 Å². The Kier molecular flexibility index (Phi) is 8.03. The molecule has 44 heavy (non-hydrogen) atoms. The number of fused-ring (bicyclic) bond motifs is 2. The van der Waals surface area contributed by atoms with Crippen molar-refractivity contribution in [3.05, 3.63) is 105 Å². The number of ether oxygens (including phenoxy) is 1. The summed E-state index contributed by atoms with van der Waals surface area (Å²) in [6.07, 6.45) is 5.78. The molecule has 2 heterocycles. The van der Waals surface area contributed by atoms with Gasteiger partial charge in [-0.2, -0.15) is 0 Å². The van der Waals surface area contributed by atoms with Crippen LogP contribution in [0.1, 0.15) is 57.2 Å².